The van der Waals surface area contributed by atoms with Crippen LogP contribution in [0.15, 0.2) is 47.4 Å². The van der Waals surface area contributed by atoms with Crippen molar-refractivity contribution < 1.29 is 26.9 Å². The minimum absolute atomic E-state index is 0.00367. The van der Waals surface area contributed by atoms with Gasteiger partial charge in [-0.05, 0) is 36.4 Å². The van der Waals surface area contributed by atoms with Gasteiger partial charge in [-0.3, -0.25) is 5.32 Å². The number of aromatic nitrogens is 2. The van der Waals surface area contributed by atoms with Crippen LogP contribution in [-0.2, 0) is 10.1 Å². The molecule has 2 aromatic carbocycles. The van der Waals surface area contributed by atoms with Gasteiger partial charge in [-0.2, -0.15) is 8.42 Å². The number of benzene rings is 2. The van der Waals surface area contributed by atoms with Crippen LogP contribution in [0.2, 0.25) is 0 Å². The van der Waals surface area contributed by atoms with Gasteiger partial charge in [0, 0.05) is 6.07 Å². The van der Waals surface area contributed by atoms with Gasteiger partial charge < -0.3 is 14.3 Å². The first-order valence-electron chi connectivity index (χ1n) is 6.53. The molecule has 1 heterocycles. The summed E-state index contributed by atoms with van der Waals surface area (Å²) in [5.74, 6) is -0.582. The van der Waals surface area contributed by atoms with Crippen molar-refractivity contribution in [1.82, 2.24) is 9.97 Å². The number of carboxylic acid groups (broad SMARTS) is 1. The standard InChI is InChI=1S/C14H10FN3O5S/c15-8-1-4-10(5-2-8)24(21,22)23-9-3-6-11-12(7-9)17-13(16-11)18-14(19)20/h1-7H,(H,19,20)(H2,16,17,18). The topological polar surface area (TPSA) is 121 Å². The first-order chi connectivity index (χ1) is 11.3. The summed E-state index contributed by atoms with van der Waals surface area (Å²) in [6.45, 7) is 0. The molecule has 0 radical (unpaired) electrons. The lowest BCUT2D eigenvalue weighted by Gasteiger charge is -2.06. The number of halogens is 1. The first-order valence-corrected chi connectivity index (χ1v) is 7.94. The van der Waals surface area contributed by atoms with Crippen molar-refractivity contribution >= 4 is 33.2 Å². The van der Waals surface area contributed by atoms with Crippen LogP contribution in [0, 0.1) is 5.82 Å². The second kappa shape index (κ2) is 5.81. The lowest BCUT2D eigenvalue weighted by atomic mass is 10.3. The predicted octanol–water partition coefficient (Wildman–Crippen LogP) is 2.56. The van der Waals surface area contributed by atoms with E-state index in [0.717, 1.165) is 24.3 Å². The van der Waals surface area contributed by atoms with E-state index in [2.05, 4.69) is 9.97 Å². The first kappa shape index (κ1) is 15.7. The zero-order chi connectivity index (χ0) is 17.3. The molecule has 1 aromatic heterocycles. The molecule has 0 aliphatic heterocycles. The third-order valence-corrected chi connectivity index (χ3v) is 4.25. The summed E-state index contributed by atoms with van der Waals surface area (Å²) in [5.41, 5.74) is 0.802. The number of amides is 1. The van der Waals surface area contributed by atoms with E-state index in [1.807, 2.05) is 5.32 Å². The molecule has 24 heavy (non-hydrogen) atoms. The quantitative estimate of drug-likeness (QED) is 0.621. The van der Waals surface area contributed by atoms with Crippen molar-refractivity contribution in [2.24, 2.45) is 0 Å². The maximum absolute atomic E-state index is 12.9. The Hall–Kier alpha value is -3.14. The molecule has 0 saturated heterocycles. The van der Waals surface area contributed by atoms with Gasteiger partial charge in [-0.1, -0.05) is 0 Å². The second-order valence-electron chi connectivity index (χ2n) is 4.69. The van der Waals surface area contributed by atoms with Gasteiger partial charge in [0.15, 0.2) is 0 Å². The summed E-state index contributed by atoms with van der Waals surface area (Å²) in [6.07, 6.45) is -1.29. The summed E-state index contributed by atoms with van der Waals surface area (Å²) in [4.78, 5) is 17.0. The normalized spacial score (nSPS) is 11.4. The van der Waals surface area contributed by atoms with Gasteiger partial charge in [0.05, 0.1) is 11.0 Å². The molecule has 8 nitrogen and oxygen atoms in total. The average Bonchev–Trinajstić information content (AvgIpc) is 2.87. The number of nitrogens with zero attached hydrogens (tertiary/aromatic N) is 1. The smallest absolute Gasteiger partial charge is 0.411 e. The molecule has 0 aliphatic rings. The van der Waals surface area contributed by atoms with E-state index in [0.29, 0.717) is 11.0 Å². The highest BCUT2D eigenvalue weighted by Crippen LogP contribution is 2.24. The molecule has 0 saturated carbocycles. The number of fused-ring (bicyclic) bond motifs is 1. The predicted molar refractivity (Wildman–Crippen MR) is 82.0 cm³/mol. The largest absolute Gasteiger partial charge is 0.465 e. The van der Waals surface area contributed by atoms with E-state index >= 15 is 0 Å². The van der Waals surface area contributed by atoms with Gasteiger partial charge in [-0.25, -0.2) is 14.2 Å². The zero-order valence-electron chi connectivity index (χ0n) is 11.9. The number of hydrogen-bond acceptors (Lipinski definition) is 5. The molecule has 1 amide bonds. The Kier molecular flexibility index (Phi) is 3.81. The average molecular weight is 351 g/mol. The second-order valence-corrected chi connectivity index (χ2v) is 6.23. The van der Waals surface area contributed by atoms with Crippen molar-refractivity contribution in [3.8, 4) is 5.75 Å². The fourth-order valence-corrected chi connectivity index (χ4v) is 2.90. The fraction of sp³-hybridized carbons (Fsp3) is 0. The molecule has 0 spiro atoms. The van der Waals surface area contributed by atoms with Crippen LogP contribution < -0.4 is 9.50 Å². The van der Waals surface area contributed by atoms with Gasteiger partial charge in [0.1, 0.15) is 16.5 Å². The van der Waals surface area contributed by atoms with E-state index in [9.17, 15) is 17.6 Å². The number of carbonyl (C=O) groups is 1. The molecule has 124 valence electrons. The lowest BCUT2D eigenvalue weighted by Crippen LogP contribution is -2.09. The minimum atomic E-state index is -4.13. The summed E-state index contributed by atoms with van der Waals surface area (Å²) >= 11 is 0. The summed E-state index contributed by atoms with van der Waals surface area (Å²) < 4.78 is 42.1. The van der Waals surface area contributed by atoms with Crippen LogP contribution in [0.5, 0.6) is 5.75 Å². The van der Waals surface area contributed by atoms with Crippen LogP contribution in [0.25, 0.3) is 11.0 Å². The van der Waals surface area contributed by atoms with Gasteiger partial charge in [-0.15, -0.1) is 0 Å². The maximum Gasteiger partial charge on any atom is 0.411 e. The highest BCUT2D eigenvalue weighted by molar-refractivity contribution is 7.87. The van der Waals surface area contributed by atoms with E-state index in [1.54, 1.807) is 0 Å². The molecule has 0 bridgehead atoms. The Bertz CT molecular complexity index is 1010. The molecular weight excluding hydrogens is 341 g/mol. The number of imidazole rings is 1. The maximum atomic E-state index is 12.9. The van der Waals surface area contributed by atoms with Crippen LogP contribution in [-0.4, -0.2) is 29.6 Å². The van der Waals surface area contributed by atoms with Crippen LogP contribution >= 0.6 is 0 Å². The number of H-pyrrole nitrogens is 1. The third kappa shape index (κ3) is 3.27. The van der Waals surface area contributed by atoms with Crippen molar-refractivity contribution in [2.45, 2.75) is 4.90 Å². The Balaban J connectivity index is 1.89. The molecule has 10 heteroatoms. The van der Waals surface area contributed by atoms with Crippen LogP contribution in [0.3, 0.4) is 0 Å². The van der Waals surface area contributed by atoms with Crippen molar-refractivity contribution in [1.29, 1.82) is 0 Å². The fourth-order valence-electron chi connectivity index (χ4n) is 1.97. The monoisotopic (exact) mass is 351 g/mol. The zero-order valence-corrected chi connectivity index (χ0v) is 12.7. The van der Waals surface area contributed by atoms with E-state index in [4.69, 9.17) is 9.29 Å². The van der Waals surface area contributed by atoms with Gasteiger partial charge >= 0.3 is 16.2 Å². The molecule has 0 aliphatic carbocycles. The number of nitrogens with one attached hydrogen (secondary N) is 2. The van der Waals surface area contributed by atoms with Gasteiger partial charge in [0.2, 0.25) is 5.95 Å². The molecule has 0 unspecified atom stereocenters. The number of aromatic amines is 1. The SMILES string of the molecule is O=C(O)Nc1nc2cc(OS(=O)(=O)c3ccc(F)cc3)ccc2[nH]1. The Morgan fingerprint density at radius 3 is 2.58 bits per heavy atom. The number of rotatable bonds is 4. The molecule has 3 aromatic rings. The van der Waals surface area contributed by atoms with Crippen molar-refractivity contribution in [2.75, 3.05) is 5.32 Å². The van der Waals surface area contributed by atoms with E-state index in [-0.39, 0.29) is 16.6 Å². The minimum Gasteiger partial charge on any atom is -0.465 e. The lowest BCUT2D eigenvalue weighted by molar-refractivity contribution is 0.209. The molecule has 0 fully saturated rings. The highest BCUT2D eigenvalue weighted by Gasteiger charge is 2.17. The molecule has 3 N–H and O–H groups in total. The molecular formula is C14H10FN3O5S. The summed E-state index contributed by atoms with van der Waals surface area (Å²) in [7, 11) is -4.13. The summed E-state index contributed by atoms with van der Waals surface area (Å²) in [5, 5.41) is 10.7. The van der Waals surface area contributed by atoms with E-state index < -0.39 is 22.0 Å². The molecule has 0 atom stereocenters. The Morgan fingerprint density at radius 1 is 1.21 bits per heavy atom. The van der Waals surface area contributed by atoms with Crippen LogP contribution in [0.1, 0.15) is 0 Å². The number of anilines is 1. The number of hydrogen-bond donors (Lipinski definition) is 3. The van der Waals surface area contributed by atoms with Crippen molar-refractivity contribution in [3.63, 3.8) is 0 Å². The Morgan fingerprint density at radius 2 is 1.92 bits per heavy atom. The van der Waals surface area contributed by atoms with Crippen molar-refractivity contribution in [3.05, 3.63) is 48.3 Å². The van der Waals surface area contributed by atoms with Crippen LogP contribution in [0.4, 0.5) is 15.1 Å². The van der Waals surface area contributed by atoms with Gasteiger partial charge in [0.25, 0.3) is 0 Å². The summed E-state index contributed by atoms with van der Waals surface area (Å²) in [6, 6.07) is 8.41. The molecule has 3 rings (SSSR count). The third-order valence-electron chi connectivity index (χ3n) is 2.99. The van der Waals surface area contributed by atoms with E-state index in [1.165, 1.54) is 18.2 Å². The Labute approximate surface area is 135 Å². The highest BCUT2D eigenvalue weighted by atomic mass is 32.2.